The smallest absolute Gasteiger partial charge is 0.412 e. The molecule has 0 atom stereocenters. The molecule has 0 bridgehead atoms. The summed E-state index contributed by atoms with van der Waals surface area (Å²) in [6, 6.07) is 9.38. The monoisotopic (exact) mass is 359 g/mol. The van der Waals surface area contributed by atoms with Gasteiger partial charge in [0.1, 0.15) is 17.1 Å². The number of carbonyl (C=O) groups excluding carboxylic acids is 2. The normalized spacial score (nSPS) is 10.8. The second kappa shape index (κ2) is 7.73. The fourth-order valence-electron chi connectivity index (χ4n) is 1.99. The molecule has 1 aromatic heterocycles. The van der Waals surface area contributed by atoms with E-state index in [1.54, 1.807) is 45.0 Å². The van der Waals surface area contributed by atoms with Gasteiger partial charge in [-0.3, -0.25) is 10.1 Å². The SMILES string of the molecule is CNC(=O)c1cc(Oc2ccc(NC(=O)OC(C)(C)C)cc2)cc[n+]1[O-]. The van der Waals surface area contributed by atoms with Crippen molar-refractivity contribution in [3.05, 3.63) is 53.5 Å². The molecule has 0 unspecified atom stereocenters. The fourth-order valence-corrected chi connectivity index (χ4v) is 1.99. The van der Waals surface area contributed by atoms with Gasteiger partial charge in [0, 0.05) is 18.8 Å². The third-order valence-electron chi connectivity index (χ3n) is 3.09. The van der Waals surface area contributed by atoms with E-state index in [1.807, 2.05) is 0 Å². The van der Waals surface area contributed by atoms with Gasteiger partial charge in [0.05, 0.1) is 6.07 Å². The summed E-state index contributed by atoms with van der Waals surface area (Å²) in [5.74, 6) is 0.303. The maximum absolute atomic E-state index is 11.7. The first-order chi connectivity index (χ1) is 12.2. The standard InChI is InChI=1S/C18H21N3O5/c1-18(2,3)26-17(23)20-12-5-7-13(8-6-12)25-14-9-10-21(24)15(11-14)16(22)19-4/h5-11H,1-4H3,(H,19,22)(H,20,23). The maximum Gasteiger partial charge on any atom is 0.412 e. The lowest BCUT2D eigenvalue weighted by atomic mass is 10.2. The van der Waals surface area contributed by atoms with Crippen molar-refractivity contribution in [2.45, 2.75) is 26.4 Å². The molecule has 8 nitrogen and oxygen atoms in total. The number of ether oxygens (including phenoxy) is 2. The zero-order valence-corrected chi connectivity index (χ0v) is 15.0. The van der Waals surface area contributed by atoms with Gasteiger partial charge in [-0.25, -0.2) is 4.79 Å². The van der Waals surface area contributed by atoms with Gasteiger partial charge in [0.25, 0.3) is 5.69 Å². The van der Waals surface area contributed by atoms with Gasteiger partial charge in [-0.2, -0.15) is 4.73 Å². The summed E-state index contributed by atoms with van der Waals surface area (Å²) < 4.78 is 11.3. The van der Waals surface area contributed by atoms with Crippen LogP contribution >= 0.6 is 0 Å². The van der Waals surface area contributed by atoms with Gasteiger partial charge in [0.2, 0.25) is 0 Å². The Kier molecular flexibility index (Phi) is 5.66. The van der Waals surface area contributed by atoms with E-state index in [0.29, 0.717) is 21.9 Å². The van der Waals surface area contributed by atoms with Crippen molar-refractivity contribution in [3.63, 3.8) is 0 Å². The molecule has 8 heteroatoms. The van der Waals surface area contributed by atoms with Crippen LogP contribution in [0, 0.1) is 5.21 Å². The first-order valence-electron chi connectivity index (χ1n) is 7.91. The van der Waals surface area contributed by atoms with Gasteiger partial charge in [-0.05, 0) is 45.0 Å². The Morgan fingerprint density at radius 3 is 2.31 bits per heavy atom. The second-order valence-electron chi connectivity index (χ2n) is 6.41. The molecule has 1 heterocycles. The molecule has 1 aromatic carbocycles. The quantitative estimate of drug-likeness (QED) is 0.645. The maximum atomic E-state index is 11.7. The molecule has 0 spiro atoms. The van der Waals surface area contributed by atoms with E-state index in [0.717, 1.165) is 0 Å². The van der Waals surface area contributed by atoms with Gasteiger partial charge < -0.3 is 20.0 Å². The minimum absolute atomic E-state index is 0.0757. The molecule has 2 amide bonds. The first kappa shape index (κ1) is 19.0. The number of pyridine rings is 1. The summed E-state index contributed by atoms with van der Waals surface area (Å²) in [5, 5.41) is 16.6. The van der Waals surface area contributed by atoms with Crippen LogP contribution in [0.3, 0.4) is 0 Å². The van der Waals surface area contributed by atoms with Crippen LogP contribution in [0.15, 0.2) is 42.6 Å². The molecular formula is C18H21N3O5. The highest BCUT2D eigenvalue weighted by Gasteiger charge is 2.17. The van der Waals surface area contributed by atoms with E-state index >= 15 is 0 Å². The lowest BCUT2D eigenvalue weighted by Gasteiger charge is -2.19. The number of rotatable bonds is 4. The highest BCUT2D eigenvalue weighted by molar-refractivity contribution is 5.91. The topological polar surface area (TPSA) is 104 Å². The molecule has 0 aliphatic carbocycles. The van der Waals surface area contributed by atoms with Crippen molar-refractivity contribution in [2.75, 3.05) is 12.4 Å². The molecule has 2 aromatic rings. The van der Waals surface area contributed by atoms with E-state index in [1.165, 1.54) is 25.4 Å². The van der Waals surface area contributed by atoms with E-state index < -0.39 is 17.6 Å². The Hall–Kier alpha value is -3.29. The third kappa shape index (κ3) is 5.37. The molecular weight excluding hydrogens is 338 g/mol. The van der Waals surface area contributed by atoms with E-state index in [-0.39, 0.29) is 5.69 Å². The predicted octanol–water partition coefficient (Wildman–Crippen LogP) is 2.82. The van der Waals surface area contributed by atoms with Crippen LogP contribution < -0.4 is 20.1 Å². The lowest BCUT2D eigenvalue weighted by molar-refractivity contribution is -0.607. The minimum Gasteiger partial charge on any atom is -0.618 e. The van der Waals surface area contributed by atoms with Crippen molar-refractivity contribution in [1.82, 2.24) is 5.32 Å². The average molecular weight is 359 g/mol. The molecule has 26 heavy (non-hydrogen) atoms. The Morgan fingerprint density at radius 2 is 1.73 bits per heavy atom. The average Bonchev–Trinajstić information content (AvgIpc) is 2.56. The number of nitrogens with zero attached hydrogens (tertiary/aromatic N) is 1. The number of hydrogen-bond acceptors (Lipinski definition) is 5. The summed E-state index contributed by atoms with van der Waals surface area (Å²) in [6.45, 7) is 5.34. The van der Waals surface area contributed by atoms with Crippen molar-refractivity contribution in [2.24, 2.45) is 0 Å². The number of benzene rings is 1. The van der Waals surface area contributed by atoms with Crippen LogP contribution in [-0.2, 0) is 4.74 Å². The highest BCUT2D eigenvalue weighted by Crippen LogP contribution is 2.23. The Morgan fingerprint density at radius 1 is 1.08 bits per heavy atom. The number of anilines is 1. The summed E-state index contributed by atoms with van der Waals surface area (Å²) >= 11 is 0. The van der Waals surface area contributed by atoms with Crippen molar-refractivity contribution in [3.8, 4) is 11.5 Å². The van der Waals surface area contributed by atoms with Crippen LogP contribution in [0.1, 0.15) is 31.3 Å². The molecule has 138 valence electrons. The first-order valence-corrected chi connectivity index (χ1v) is 7.91. The van der Waals surface area contributed by atoms with Crippen molar-refractivity contribution >= 4 is 17.7 Å². The zero-order chi connectivity index (χ0) is 19.3. The molecule has 2 rings (SSSR count). The van der Waals surface area contributed by atoms with Gasteiger partial charge >= 0.3 is 12.0 Å². The Balaban J connectivity index is 2.05. The summed E-state index contributed by atoms with van der Waals surface area (Å²) in [5.41, 5.74) is -0.113. The van der Waals surface area contributed by atoms with Crippen molar-refractivity contribution in [1.29, 1.82) is 0 Å². The van der Waals surface area contributed by atoms with Crippen LogP contribution in [0.5, 0.6) is 11.5 Å². The number of aromatic nitrogens is 1. The van der Waals surface area contributed by atoms with E-state index in [2.05, 4.69) is 10.6 Å². The van der Waals surface area contributed by atoms with Gasteiger partial charge in [-0.1, -0.05) is 0 Å². The number of hydrogen-bond donors (Lipinski definition) is 2. The molecule has 0 fully saturated rings. The number of carbonyl (C=O) groups is 2. The number of amides is 2. The Bertz CT molecular complexity index is 797. The van der Waals surface area contributed by atoms with E-state index in [4.69, 9.17) is 9.47 Å². The predicted molar refractivity (Wildman–Crippen MR) is 95.2 cm³/mol. The zero-order valence-electron chi connectivity index (χ0n) is 15.0. The van der Waals surface area contributed by atoms with E-state index in [9.17, 15) is 14.8 Å². The largest absolute Gasteiger partial charge is 0.618 e. The van der Waals surface area contributed by atoms with Gasteiger partial charge in [-0.15, -0.1) is 0 Å². The van der Waals surface area contributed by atoms with Crippen LogP contribution in [0.2, 0.25) is 0 Å². The number of nitrogens with one attached hydrogen (secondary N) is 2. The van der Waals surface area contributed by atoms with Gasteiger partial charge in [0.15, 0.2) is 6.20 Å². The summed E-state index contributed by atoms with van der Waals surface area (Å²) in [4.78, 5) is 23.4. The van der Waals surface area contributed by atoms with Crippen LogP contribution in [0.25, 0.3) is 0 Å². The second-order valence-corrected chi connectivity index (χ2v) is 6.41. The molecule has 0 saturated heterocycles. The molecule has 0 radical (unpaired) electrons. The van der Waals surface area contributed by atoms with Crippen LogP contribution in [-0.4, -0.2) is 24.6 Å². The molecule has 2 N–H and O–H groups in total. The Labute approximate surface area is 151 Å². The van der Waals surface area contributed by atoms with Crippen molar-refractivity contribution < 1.29 is 23.8 Å². The van der Waals surface area contributed by atoms with Crippen LogP contribution in [0.4, 0.5) is 10.5 Å². The molecule has 0 aliphatic rings. The fraction of sp³-hybridized carbons (Fsp3) is 0.278. The summed E-state index contributed by atoms with van der Waals surface area (Å²) in [7, 11) is 1.44. The minimum atomic E-state index is -0.582. The molecule has 0 saturated carbocycles. The highest BCUT2D eigenvalue weighted by atomic mass is 16.6. The summed E-state index contributed by atoms with van der Waals surface area (Å²) in [6.07, 6.45) is 0.641. The third-order valence-corrected chi connectivity index (χ3v) is 3.09. The lowest BCUT2D eigenvalue weighted by Crippen LogP contribution is -2.37. The molecule has 0 aliphatic heterocycles.